The van der Waals surface area contributed by atoms with E-state index in [1.54, 1.807) is 6.07 Å². The van der Waals surface area contributed by atoms with Crippen LogP contribution in [0.15, 0.2) is 28.7 Å². The number of halogens is 3. The first kappa shape index (κ1) is 15.0. The smallest absolute Gasteiger partial charge is 0.197 e. The highest BCUT2D eigenvalue weighted by Gasteiger charge is 2.22. The fourth-order valence-corrected chi connectivity index (χ4v) is 3.21. The molecule has 112 valence electrons. The van der Waals surface area contributed by atoms with Crippen molar-refractivity contribution in [2.45, 2.75) is 6.92 Å². The first-order valence-corrected chi connectivity index (χ1v) is 7.49. The Morgan fingerprint density at radius 1 is 1.41 bits per heavy atom. The molecule has 2 aromatic carbocycles. The molecule has 0 fully saturated rings. The second kappa shape index (κ2) is 5.37. The van der Waals surface area contributed by atoms with Crippen molar-refractivity contribution in [2.24, 2.45) is 0 Å². The first-order chi connectivity index (χ1) is 10.4. The average Bonchev–Trinajstić information content (AvgIpc) is 2.83. The molecule has 0 spiro atoms. The quantitative estimate of drug-likeness (QED) is 0.514. The largest absolute Gasteiger partial charge is 0.398 e. The van der Waals surface area contributed by atoms with Crippen molar-refractivity contribution in [1.29, 1.82) is 0 Å². The van der Waals surface area contributed by atoms with Gasteiger partial charge in [0.2, 0.25) is 0 Å². The number of benzene rings is 2. The number of rotatable bonds is 2. The number of nitrogens with two attached hydrogens (primary N) is 1. The number of fused-ring (bicyclic) bond motifs is 1. The molecule has 3 rings (SSSR count). The van der Waals surface area contributed by atoms with E-state index in [-0.39, 0.29) is 21.8 Å². The molecule has 22 heavy (non-hydrogen) atoms. The Labute approximate surface area is 138 Å². The Balaban J connectivity index is 2.25. The summed E-state index contributed by atoms with van der Waals surface area (Å²) < 4.78 is 13.9. The van der Waals surface area contributed by atoms with Crippen LogP contribution in [0.3, 0.4) is 0 Å². The molecule has 1 aromatic heterocycles. The van der Waals surface area contributed by atoms with E-state index in [1.165, 1.54) is 12.1 Å². The lowest BCUT2D eigenvalue weighted by atomic mass is 9.99. The number of hydrogen-bond donors (Lipinski definition) is 2. The Morgan fingerprint density at radius 3 is 2.86 bits per heavy atom. The van der Waals surface area contributed by atoms with Crippen LogP contribution in [0.4, 0.5) is 10.1 Å². The number of aryl methyl sites for hydroxylation is 1. The zero-order valence-corrected chi connectivity index (χ0v) is 13.7. The molecule has 0 atom stereocenters. The van der Waals surface area contributed by atoms with Gasteiger partial charge in [0.15, 0.2) is 5.78 Å². The molecule has 0 bridgehead atoms. The number of nitrogen functional groups attached to an aromatic ring is 1. The van der Waals surface area contributed by atoms with Gasteiger partial charge in [-0.3, -0.25) is 9.89 Å². The molecule has 3 aromatic rings. The lowest BCUT2D eigenvalue weighted by Crippen LogP contribution is -2.08. The van der Waals surface area contributed by atoms with Gasteiger partial charge in [-0.25, -0.2) is 4.39 Å². The van der Waals surface area contributed by atoms with E-state index in [9.17, 15) is 9.18 Å². The van der Waals surface area contributed by atoms with Gasteiger partial charge in [-0.2, -0.15) is 5.10 Å². The lowest BCUT2D eigenvalue weighted by molar-refractivity contribution is 0.103. The van der Waals surface area contributed by atoms with E-state index in [0.29, 0.717) is 9.99 Å². The number of carbonyl (C=O) groups excluding carboxylic acids is 1. The molecule has 0 saturated carbocycles. The van der Waals surface area contributed by atoms with Gasteiger partial charge in [0.05, 0.1) is 15.1 Å². The zero-order chi connectivity index (χ0) is 16.0. The molecule has 0 aliphatic carbocycles. The van der Waals surface area contributed by atoms with E-state index < -0.39 is 11.6 Å². The second-order valence-corrected chi connectivity index (χ2v) is 6.05. The Kier molecular flexibility index (Phi) is 3.66. The van der Waals surface area contributed by atoms with Crippen molar-refractivity contribution in [3.63, 3.8) is 0 Å². The third kappa shape index (κ3) is 2.28. The van der Waals surface area contributed by atoms with Crippen LogP contribution in [-0.2, 0) is 0 Å². The van der Waals surface area contributed by atoms with Crippen LogP contribution in [0.25, 0.3) is 10.9 Å². The number of H-pyrrole nitrogens is 1. The number of hydrogen-bond acceptors (Lipinski definition) is 3. The molecule has 0 amide bonds. The standard InChI is InChI=1S/C15H10BrClFN3O/c1-6-8-5-11(19)12(13(16)14(8)21-20-6)15(22)9-4-7(18)2-3-10(9)17/h2-5H,19H2,1H3,(H,20,21). The normalized spacial score (nSPS) is 11.1. The van der Waals surface area contributed by atoms with E-state index in [4.69, 9.17) is 17.3 Å². The van der Waals surface area contributed by atoms with Gasteiger partial charge >= 0.3 is 0 Å². The number of ketones is 1. The minimum Gasteiger partial charge on any atom is -0.398 e. The fraction of sp³-hybridized carbons (Fsp3) is 0.0667. The summed E-state index contributed by atoms with van der Waals surface area (Å²) in [6, 6.07) is 5.29. The number of nitrogens with zero attached hydrogens (tertiary/aromatic N) is 1. The number of anilines is 1. The number of nitrogens with one attached hydrogen (secondary N) is 1. The van der Waals surface area contributed by atoms with E-state index >= 15 is 0 Å². The molecular weight excluding hydrogens is 373 g/mol. The molecule has 0 aliphatic heterocycles. The maximum absolute atomic E-state index is 13.4. The van der Waals surface area contributed by atoms with Crippen LogP contribution in [0.2, 0.25) is 5.02 Å². The summed E-state index contributed by atoms with van der Waals surface area (Å²) in [5.41, 5.74) is 7.98. The molecule has 4 nitrogen and oxygen atoms in total. The third-order valence-electron chi connectivity index (χ3n) is 3.41. The molecule has 7 heteroatoms. The minimum atomic E-state index is -0.542. The molecule has 0 saturated heterocycles. The number of carbonyl (C=O) groups is 1. The second-order valence-electron chi connectivity index (χ2n) is 4.85. The maximum Gasteiger partial charge on any atom is 0.197 e. The van der Waals surface area contributed by atoms with Crippen molar-refractivity contribution < 1.29 is 9.18 Å². The number of aromatic nitrogens is 2. The number of aromatic amines is 1. The summed E-state index contributed by atoms with van der Waals surface area (Å²) in [5.74, 6) is -1.00. The Bertz CT molecular complexity index is 923. The van der Waals surface area contributed by atoms with Crippen molar-refractivity contribution in [1.82, 2.24) is 10.2 Å². The molecule has 0 aliphatic rings. The predicted molar refractivity (Wildman–Crippen MR) is 87.8 cm³/mol. The lowest BCUT2D eigenvalue weighted by Gasteiger charge is -2.10. The summed E-state index contributed by atoms with van der Waals surface area (Å²) in [6.07, 6.45) is 0. The van der Waals surface area contributed by atoms with E-state index in [2.05, 4.69) is 26.1 Å². The summed E-state index contributed by atoms with van der Waals surface area (Å²) >= 11 is 9.37. The van der Waals surface area contributed by atoms with Gasteiger partial charge in [0, 0.05) is 22.3 Å². The Morgan fingerprint density at radius 2 is 2.14 bits per heavy atom. The van der Waals surface area contributed by atoms with Crippen LogP contribution < -0.4 is 5.73 Å². The minimum absolute atomic E-state index is 0.0562. The SMILES string of the molecule is Cc1[nH]nc2c(Br)c(C(=O)c3cc(F)ccc3Cl)c(N)cc12. The van der Waals surface area contributed by atoms with Crippen LogP contribution in [0.1, 0.15) is 21.6 Å². The monoisotopic (exact) mass is 381 g/mol. The summed E-state index contributed by atoms with van der Waals surface area (Å²) in [5, 5.41) is 7.96. The highest BCUT2D eigenvalue weighted by Crippen LogP contribution is 2.35. The van der Waals surface area contributed by atoms with Gasteiger partial charge in [-0.1, -0.05) is 11.6 Å². The van der Waals surface area contributed by atoms with E-state index in [0.717, 1.165) is 17.1 Å². The molecule has 1 heterocycles. The van der Waals surface area contributed by atoms with Crippen LogP contribution in [0.5, 0.6) is 0 Å². The molecule has 0 unspecified atom stereocenters. The van der Waals surface area contributed by atoms with Gasteiger partial charge in [0.25, 0.3) is 0 Å². The van der Waals surface area contributed by atoms with Crippen molar-refractivity contribution in [3.8, 4) is 0 Å². The van der Waals surface area contributed by atoms with Crippen molar-refractivity contribution >= 4 is 49.9 Å². The summed E-state index contributed by atoms with van der Waals surface area (Å²) in [7, 11) is 0. The fourth-order valence-electron chi connectivity index (χ4n) is 2.29. The first-order valence-electron chi connectivity index (χ1n) is 6.32. The van der Waals surface area contributed by atoms with Crippen LogP contribution in [0, 0.1) is 12.7 Å². The summed E-state index contributed by atoms with van der Waals surface area (Å²) in [6.45, 7) is 1.85. The van der Waals surface area contributed by atoms with Gasteiger partial charge < -0.3 is 5.73 Å². The molecular formula is C15H10BrClFN3O. The average molecular weight is 383 g/mol. The highest BCUT2D eigenvalue weighted by molar-refractivity contribution is 9.10. The molecule has 0 radical (unpaired) electrons. The highest BCUT2D eigenvalue weighted by atomic mass is 79.9. The Hall–Kier alpha value is -1.92. The van der Waals surface area contributed by atoms with Crippen LogP contribution >= 0.6 is 27.5 Å². The van der Waals surface area contributed by atoms with Gasteiger partial charge in [0.1, 0.15) is 11.3 Å². The molecule has 3 N–H and O–H groups in total. The predicted octanol–water partition coefficient (Wildman–Crippen LogP) is 4.24. The summed E-state index contributed by atoms with van der Waals surface area (Å²) in [4.78, 5) is 12.7. The van der Waals surface area contributed by atoms with Crippen LogP contribution in [-0.4, -0.2) is 16.0 Å². The van der Waals surface area contributed by atoms with Gasteiger partial charge in [-0.05, 0) is 47.1 Å². The zero-order valence-electron chi connectivity index (χ0n) is 11.4. The van der Waals surface area contributed by atoms with Crippen molar-refractivity contribution in [2.75, 3.05) is 5.73 Å². The van der Waals surface area contributed by atoms with Gasteiger partial charge in [-0.15, -0.1) is 0 Å². The maximum atomic E-state index is 13.4. The van der Waals surface area contributed by atoms with Crippen molar-refractivity contribution in [3.05, 3.63) is 56.4 Å². The van der Waals surface area contributed by atoms with E-state index in [1.807, 2.05) is 6.92 Å². The third-order valence-corrected chi connectivity index (χ3v) is 4.51. The topological polar surface area (TPSA) is 71.8 Å².